The van der Waals surface area contributed by atoms with Gasteiger partial charge in [-0.1, -0.05) is 6.92 Å². The molecule has 1 N–H and O–H groups in total. The van der Waals surface area contributed by atoms with E-state index in [1.807, 2.05) is 4.68 Å². The molecule has 0 saturated carbocycles. The second-order valence-corrected chi connectivity index (χ2v) is 6.79. The lowest BCUT2D eigenvalue weighted by Gasteiger charge is -2.27. The summed E-state index contributed by atoms with van der Waals surface area (Å²) >= 11 is 0. The van der Waals surface area contributed by atoms with Crippen LogP contribution in [0.1, 0.15) is 24.6 Å². The van der Waals surface area contributed by atoms with Crippen molar-refractivity contribution in [1.82, 2.24) is 14.7 Å². The number of ether oxygens (including phenoxy) is 1. The maximum absolute atomic E-state index is 13.5. The number of aromatic nitrogens is 2. The molecule has 2 aromatic rings. The van der Waals surface area contributed by atoms with E-state index in [2.05, 4.69) is 28.3 Å². The van der Waals surface area contributed by atoms with Gasteiger partial charge >= 0.3 is 6.03 Å². The van der Waals surface area contributed by atoms with Gasteiger partial charge in [0.25, 0.3) is 0 Å². The molecule has 0 radical (unpaired) electrons. The van der Waals surface area contributed by atoms with Crippen molar-refractivity contribution in [2.75, 3.05) is 18.5 Å². The van der Waals surface area contributed by atoms with Gasteiger partial charge in [-0.2, -0.15) is 5.10 Å². The predicted octanol–water partition coefficient (Wildman–Crippen LogP) is 3.89. The normalized spacial score (nSPS) is 15.5. The maximum Gasteiger partial charge on any atom is 0.322 e. The quantitative estimate of drug-likeness (QED) is 0.634. The molecule has 28 heavy (non-hydrogen) atoms. The number of halogens is 1. The summed E-state index contributed by atoms with van der Waals surface area (Å²) in [4.78, 5) is 17.5. The van der Waals surface area contributed by atoms with Crippen LogP contribution in [0.4, 0.5) is 20.6 Å². The fourth-order valence-electron chi connectivity index (χ4n) is 3.47. The van der Waals surface area contributed by atoms with Crippen LogP contribution in [0.5, 0.6) is 5.88 Å². The Morgan fingerprint density at radius 1 is 1.43 bits per heavy atom. The van der Waals surface area contributed by atoms with E-state index in [0.29, 0.717) is 38.3 Å². The Labute approximate surface area is 162 Å². The monoisotopic (exact) mass is 381 g/mol. The highest BCUT2D eigenvalue weighted by Crippen LogP contribution is 2.31. The topological polar surface area (TPSA) is 63.8 Å². The molecule has 7 nitrogen and oxygen atoms in total. The maximum atomic E-state index is 13.5. The van der Waals surface area contributed by atoms with Crippen molar-refractivity contribution < 1.29 is 13.9 Å². The summed E-state index contributed by atoms with van der Waals surface area (Å²) in [5.41, 5.74) is 3.46. The summed E-state index contributed by atoms with van der Waals surface area (Å²) in [7, 11) is 0. The standard InChI is InChI=1S/C20H20FN5O2/c1-3-13-7-9-28-19-15-12-25(8-6-17(15)24-26(19)11-13)20(27)23-14-4-5-16(21)18(10-14)22-2/h4-5,7,10H,3,6,8-9,11-12H2,1H3,(H,23,27). The smallest absolute Gasteiger partial charge is 0.322 e. The Bertz CT molecular complexity index is 1000. The number of rotatable bonds is 2. The van der Waals surface area contributed by atoms with Gasteiger partial charge < -0.3 is 15.0 Å². The molecule has 1 aromatic heterocycles. The number of hydrogen-bond donors (Lipinski definition) is 1. The van der Waals surface area contributed by atoms with E-state index < -0.39 is 5.82 Å². The van der Waals surface area contributed by atoms with E-state index in [1.165, 1.54) is 23.8 Å². The van der Waals surface area contributed by atoms with Crippen LogP contribution < -0.4 is 10.1 Å². The van der Waals surface area contributed by atoms with Crippen molar-refractivity contribution in [2.24, 2.45) is 0 Å². The third kappa shape index (κ3) is 3.31. The second-order valence-electron chi connectivity index (χ2n) is 6.79. The van der Waals surface area contributed by atoms with E-state index in [0.717, 1.165) is 23.6 Å². The van der Waals surface area contributed by atoms with Crippen LogP contribution in [-0.2, 0) is 19.5 Å². The molecule has 0 saturated heterocycles. The summed E-state index contributed by atoms with van der Waals surface area (Å²) < 4.78 is 21.3. The van der Waals surface area contributed by atoms with Crippen molar-refractivity contribution in [1.29, 1.82) is 0 Å². The molecule has 3 heterocycles. The van der Waals surface area contributed by atoms with Crippen molar-refractivity contribution in [3.05, 3.63) is 58.3 Å². The molecular formula is C20H20FN5O2. The number of nitrogens with one attached hydrogen (secondary N) is 1. The van der Waals surface area contributed by atoms with Crippen molar-refractivity contribution in [3.63, 3.8) is 0 Å². The zero-order valence-electron chi connectivity index (χ0n) is 15.5. The molecule has 0 unspecified atom stereocenters. The minimum absolute atomic E-state index is 0.117. The highest BCUT2D eigenvalue weighted by Gasteiger charge is 2.29. The summed E-state index contributed by atoms with van der Waals surface area (Å²) in [6, 6.07) is 3.67. The van der Waals surface area contributed by atoms with Gasteiger partial charge in [-0.25, -0.2) is 18.7 Å². The molecule has 2 aliphatic rings. The van der Waals surface area contributed by atoms with Gasteiger partial charge in [0, 0.05) is 18.7 Å². The molecule has 2 aliphatic heterocycles. The van der Waals surface area contributed by atoms with Gasteiger partial charge in [0.1, 0.15) is 12.4 Å². The van der Waals surface area contributed by atoms with E-state index >= 15 is 0 Å². The Hall–Kier alpha value is -3.34. The molecule has 4 rings (SSSR count). The van der Waals surface area contributed by atoms with Crippen molar-refractivity contribution in [3.8, 4) is 5.88 Å². The Balaban J connectivity index is 1.51. The van der Waals surface area contributed by atoms with Crippen LogP contribution in [0, 0.1) is 12.4 Å². The van der Waals surface area contributed by atoms with Crippen LogP contribution in [0.2, 0.25) is 0 Å². The minimum atomic E-state index is -0.601. The average Bonchev–Trinajstić information content (AvgIpc) is 2.91. The molecule has 8 heteroatoms. The molecule has 0 spiro atoms. The fourth-order valence-corrected chi connectivity index (χ4v) is 3.47. The Morgan fingerprint density at radius 2 is 2.29 bits per heavy atom. The Kier molecular flexibility index (Phi) is 4.74. The first-order valence-corrected chi connectivity index (χ1v) is 9.21. The van der Waals surface area contributed by atoms with Crippen LogP contribution in [-0.4, -0.2) is 33.9 Å². The zero-order valence-corrected chi connectivity index (χ0v) is 15.5. The first-order valence-electron chi connectivity index (χ1n) is 9.21. The zero-order chi connectivity index (χ0) is 19.7. The summed E-state index contributed by atoms with van der Waals surface area (Å²) in [6.07, 6.45) is 3.68. The highest BCUT2D eigenvalue weighted by molar-refractivity contribution is 5.90. The number of hydrogen-bond acceptors (Lipinski definition) is 3. The lowest BCUT2D eigenvalue weighted by atomic mass is 10.1. The van der Waals surface area contributed by atoms with Crippen LogP contribution in [0.25, 0.3) is 4.85 Å². The highest BCUT2D eigenvalue weighted by atomic mass is 19.1. The number of benzene rings is 1. The summed E-state index contributed by atoms with van der Waals surface area (Å²) in [5, 5.41) is 7.42. The number of fused-ring (bicyclic) bond motifs is 3. The number of allylic oxidation sites excluding steroid dienone is 1. The minimum Gasteiger partial charge on any atom is -0.473 e. The molecule has 1 aromatic carbocycles. The number of anilines is 1. The van der Waals surface area contributed by atoms with Gasteiger partial charge in [-0.05, 0) is 36.3 Å². The number of carbonyl (C=O) groups excluding carboxylic acids is 1. The molecule has 0 fully saturated rings. The number of carbonyl (C=O) groups is 1. The van der Waals surface area contributed by atoms with Crippen LogP contribution >= 0.6 is 0 Å². The molecule has 0 aliphatic carbocycles. The SMILES string of the molecule is [C-]#[N+]c1cc(NC(=O)N2CCc3nn4c(c3C2)OCC=C(CC)C4)ccc1F. The fraction of sp³-hybridized carbons (Fsp3) is 0.350. The molecule has 144 valence electrons. The second kappa shape index (κ2) is 7.35. The summed E-state index contributed by atoms with van der Waals surface area (Å²) in [5.74, 6) is 0.125. The Morgan fingerprint density at radius 3 is 3.07 bits per heavy atom. The molecule has 2 amide bonds. The van der Waals surface area contributed by atoms with Gasteiger partial charge in [-0.15, -0.1) is 0 Å². The third-order valence-corrected chi connectivity index (χ3v) is 5.05. The van der Waals surface area contributed by atoms with Gasteiger partial charge in [0.2, 0.25) is 11.6 Å². The van der Waals surface area contributed by atoms with E-state index in [9.17, 15) is 9.18 Å². The van der Waals surface area contributed by atoms with Crippen LogP contribution in [0.15, 0.2) is 29.8 Å². The van der Waals surface area contributed by atoms with Crippen molar-refractivity contribution in [2.45, 2.75) is 32.9 Å². The average molecular weight is 381 g/mol. The first kappa shape index (κ1) is 18.0. The summed E-state index contributed by atoms with van der Waals surface area (Å²) in [6.45, 7) is 11.2. The number of urea groups is 1. The largest absolute Gasteiger partial charge is 0.473 e. The number of nitrogens with zero attached hydrogens (tertiary/aromatic N) is 4. The lowest BCUT2D eigenvalue weighted by Crippen LogP contribution is -2.38. The predicted molar refractivity (Wildman–Crippen MR) is 102 cm³/mol. The van der Waals surface area contributed by atoms with Gasteiger partial charge in [0.05, 0.1) is 30.9 Å². The molecular weight excluding hydrogens is 361 g/mol. The van der Waals surface area contributed by atoms with E-state index in [4.69, 9.17) is 11.3 Å². The van der Waals surface area contributed by atoms with Gasteiger partial charge in [0.15, 0.2) is 0 Å². The van der Waals surface area contributed by atoms with E-state index in [1.54, 1.807) is 4.90 Å². The molecule has 0 bridgehead atoms. The first-order chi connectivity index (χ1) is 13.6. The lowest BCUT2D eigenvalue weighted by molar-refractivity contribution is 0.205. The number of amides is 2. The van der Waals surface area contributed by atoms with Gasteiger partial charge in [-0.3, -0.25) is 0 Å². The van der Waals surface area contributed by atoms with E-state index in [-0.39, 0.29) is 11.7 Å². The van der Waals surface area contributed by atoms with Crippen LogP contribution in [0.3, 0.4) is 0 Å². The molecule has 0 atom stereocenters. The third-order valence-electron chi connectivity index (χ3n) is 5.05. The van der Waals surface area contributed by atoms with Crippen molar-refractivity contribution >= 4 is 17.4 Å².